The molecule has 0 aliphatic rings. The second kappa shape index (κ2) is 10.3. The van der Waals surface area contributed by atoms with Gasteiger partial charge in [0.15, 0.2) is 0 Å². The maximum atomic E-state index is 10.9. The molecule has 0 aliphatic heterocycles. The minimum absolute atomic E-state index is 0.247. The predicted octanol–water partition coefficient (Wildman–Crippen LogP) is 3.72. The van der Waals surface area contributed by atoms with Crippen molar-refractivity contribution >= 4 is 34.9 Å². The molecule has 7 heteroatoms. The molecular formula is C19H22Cl2N2O3. The van der Waals surface area contributed by atoms with E-state index < -0.39 is 12.0 Å². The molecule has 0 heterocycles. The van der Waals surface area contributed by atoms with Crippen molar-refractivity contribution in [2.75, 3.05) is 29.7 Å². The largest absolute Gasteiger partial charge is 0.480 e. The summed E-state index contributed by atoms with van der Waals surface area (Å²) in [6.45, 7) is 1.45. The molecule has 0 radical (unpaired) electrons. The summed E-state index contributed by atoms with van der Waals surface area (Å²) in [5.41, 5.74) is 7.42. The van der Waals surface area contributed by atoms with E-state index in [4.69, 9.17) is 38.8 Å². The number of carboxylic acids is 1. The van der Waals surface area contributed by atoms with E-state index in [0.717, 1.165) is 24.3 Å². The average Bonchev–Trinajstić information content (AvgIpc) is 2.62. The van der Waals surface area contributed by atoms with Crippen molar-refractivity contribution in [3.05, 3.63) is 54.1 Å². The van der Waals surface area contributed by atoms with E-state index in [1.54, 1.807) is 6.07 Å². The van der Waals surface area contributed by atoms with Gasteiger partial charge in [-0.05, 0) is 48.4 Å². The monoisotopic (exact) mass is 396 g/mol. The van der Waals surface area contributed by atoms with Gasteiger partial charge < -0.3 is 20.5 Å². The summed E-state index contributed by atoms with van der Waals surface area (Å²) in [6, 6.07) is 14.0. The molecule has 0 spiro atoms. The van der Waals surface area contributed by atoms with Gasteiger partial charge in [0, 0.05) is 30.5 Å². The standard InChI is InChI=1S/C19H22Cl2N2O3/c20-8-10-23(11-9-21)15-4-6-16(7-5-15)26-17-3-1-2-14(12-17)13-18(22)19(24)25/h1-7,12,18H,8-11,13,22H2,(H,24,25). The molecule has 1 unspecified atom stereocenters. The highest BCUT2D eigenvalue weighted by Gasteiger charge is 2.12. The van der Waals surface area contributed by atoms with Crippen molar-refractivity contribution < 1.29 is 14.6 Å². The molecule has 140 valence electrons. The lowest BCUT2D eigenvalue weighted by Gasteiger charge is -2.23. The number of anilines is 1. The van der Waals surface area contributed by atoms with Gasteiger partial charge >= 0.3 is 5.97 Å². The van der Waals surface area contributed by atoms with Crippen molar-refractivity contribution in [1.29, 1.82) is 0 Å². The molecule has 2 rings (SSSR count). The molecule has 5 nitrogen and oxygen atoms in total. The minimum Gasteiger partial charge on any atom is -0.480 e. The third-order valence-corrected chi connectivity index (χ3v) is 4.16. The Balaban J connectivity index is 2.05. The number of carbonyl (C=O) groups is 1. The van der Waals surface area contributed by atoms with Crippen LogP contribution < -0.4 is 15.4 Å². The fraction of sp³-hybridized carbons (Fsp3) is 0.316. The summed E-state index contributed by atoms with van der Waals surface area (Å²) < 4.78 is 5.86. The Morgan fingerprint density at radius 2 is 1.73 bits per heavy atom. The zero-order valence-corrected chi connectivity index (χ0v) is 15.8. The Morgan fingerprint density at radius 3 is 2.31 bits per heavy atom. The van der Waals surface area contributed by atoms with Crippen molar-refractivity contribution in [3.8, 4) is 11.5 Å². The van der Waals surface area contributed by atoms with E-state index in [1.165, 1.54) is 0 Å². The lowest BCUT2D eigenvalue weighted by atomic mass is 10.1. The smallest absolute Gasteiger partial charge is 0.320 e. The number of alkyl halides is 2. The second-order valence-corrected chi connectivity index (χ2v) is 6.51. The molecule has 0 aliphatic carbocycles. The Bertz CT molecular complexity index is 704. The molecule has 2 aromatic carbocycles. The molecule has 0 saturated heterocycles. The van der Waals surface area contributed by atoms with E-state index >= 15 is 0 Å². The molecule has 0 aromatic heterocycles. The fourth-order valence-corrected chi connectivity index (χ4v) is 2.92. The molecule has 1 atom stereocenters. The number of ether oxygens (including phenoxy) is 1. The normalized spacial score (nSPS) is 11.8. The lowest BCUT2D eigenvalue weighted by molar-refractivity contribution is -0.138. The zero-order valence-electron chi connectivity index (χ0n) is 14.3. The van der Waals surface area contributed by atoms with E-state index in [9.17, 15) is 4.79 Å². The van der Waals surface area contributed by atoms with Crippen LogP contribution in [0.3, 0.4) is 0 Å². The number of rotatable bonds is 10. The van der Waals surface area contributed by atoms with Crippen LogP contribution in [0.5, 0.6) is 11.5 Å². The topological polar surface area (TPSA) is 75.8 Å². The molecule has 0 bridgehead atoms. The third kappa shape index (κ3) is 6.09. The van der Waals surface area contributed by atoms with Crippen LogP contribution in [0.2, 0.25) is 0 Å². The first-order valence-corrected chi connectivity index (χ1v) is 9.32. The van der Waals surface area contributed by atoms with E-state index in [1.807, 2.05) is 42.5 Å². The van der Waals surface area contributed by atoms with Gasteiger partial charge in [0.1, 0.15) is 17.5 Å². The molecule has 0 amide bonds. The molecule has 2 aromatic rings. The van der Waals surface area contributed by atoms with Gasteiger partial charge in [-0.25, -0.2) is 0 Å². The van der Waals surface area contributed by atoms with Crippen LogP contribution in [0.1, 0.15) is 5.56 Å². The Morgan fingerprint density at radius 1 is 1.08 bits per heavy atom. The van der Waals surface area contributed by atoms with Gasteiger partial charge in [0.05, 0.1) is 0 Å². The van der Waals surface area contributed by atoms with Gasteiger partial charge in [-0.1, -0.05) is 12.1 Å². The summed E-state index contributed by atoms with van der Waals surface area (Å²) in [6.07, 6.45) is 0.247. The SMILES string of the molecule is NC(Cc1cccc(Oc2ccc(N(CCCl)CCCl)cc2)c1)C(=O)O. The van der Waals surface area contributed by atoms with Gasteiger partial charge in [0.25, 0.3) is 0 Å². The number of hydrogen-bond donors (Lipinski definition) is 2. The number of benzene rings is 2. The quantitative estimate of drug-likeness (QED) is 0.598. The van der Waals surface area contributed by atoms with Crippen LogP contribution in [0.25, 0.3) is 0 Å². The van der Waals surface area contributed by atoms with Gasteiger partial charge in [-0.2, -0.15) is 0 Å². The number of hydrogen-bond acceptors (Lipinski definition) is 4. The van der Waals surface area contributed by atoms with E-state index in [2.05, 4.69) is 4.90 Å². The van der Waals surface area contributed by atoms with Crippen LogP contribution in [0.4, 0.5) is 5.69 Å². The van der Waals surface area contributed by atoms with Crippen LogP contribution in [0, 0.1) is 0 Å². The number of nitrogens with zero attached hydrogens (tertiary/aromatic N) is 1. The van der Waals surface area contributed by atoms with Crippen LogP contribution in [-0.4, -0.2) is 42.0 Å². The predicted molar refractivity (Wildman–Crippen MR) is 106 cm³/mol. The maximum absolute atomic E-state index is 10.9. The highest BCUT2D eigenvalue weighted by Crippen LogP contribution is 2.25. The molecular weight excluding hydrogens is 375 g/mol. The number of halogens is 2. The van der Waals surface area contributed by atoms with Crippen LogP contribution in [0.15, 0.2) is 48.5 Å². The molecule has 26 heavy (non-hydrogen) atoms. The number of aliphatic carboxylic acids is 1. The highest BCUT2D eigenvalue weighted by atomic mass is 35.5. The van der Waals surface area contributed by atoms with E-state index in [-0.39, 0.29) is 6.42 Å². The number of nitrogens with two attached hydrogens (primary N) is 1. The van der Waals surface area contributed by atoms with Crippen molar-refractivity contribution in [1.82, 2.24) is 0 Å². The van der Waals surface area contributed by atoms with Gasteiger partial charge in [0.2, 0.25) is 0 Å². The molecule has 0 saturated carbocycles. The highest BCUT2D eigenvalue weighted by molar-refractivity contribution is 6.18. The zero-order chi connectivity index (χ0) is 18.9. The minimum atomic E-state index is -1.02. The maximum Gasteiger partial charge on any atom is 0.320 e. The Labute approximate surface area is 163 Å². The van der Waals surface area contributed by atoms with Crippen LogP contribution in [-0.2, 0) is 11.2 Å². The van der Waals surface area contributed by atoms with Gasteiger partial charge in [-0.3, -0.25) is 4.79 Å². The summed E-state index contributed by atoms with van der Waals surface area (Å²) in [5, 5.41) is 8.92. The Kier molecular flexibility index (Phi) is 8.04. The Hall–Kier alpha value is -1.95. The summed E-state index contributed by atoms with van der Waals surface area (Å²) in [5.74, 6) is 1.35. The fourth-order valence-electron chi connectivity index (χ4n) is 2.51. The average molecular weight is 397 g/mol. The summed E-state index contributed by atoms with van der Waals surface area (Å²) in [4.78, 5) is 13.0. The van der Waals surface area contributed by atoms with Crippen molar-refractivity contribution in [2.24, 2.45) is 5.73 Å². The molecule has 3 N–H and O–H groups in total. The summed E-state index contributed by atoms with van der Waals surface area (Å²) in [7, 11) is 0. The number of carboxylic acid groups (broad SMARTS) is 1. The summed E-state index contributed by atoms with van der Waals surface area (Å²) >= 11 is 11.7. The van der Waals surface area contributed by atoms with Crippen molar-refractivity contribution in [2.45, 2.75) is 12.5 Å². The van der Waals surface area contributed by atoms with Crippen LogP contribution >= 0.6 is 23.2 Å². The molecule has 0 fully saturated rings. The lowest BCUT2D eigenvalue weighted by Crippen LogP contribution is -2.32. The van der Waals surface area contributed by atoms with Crippen molar-refractivity contribution in [3.63, 3.8) is 0 Å². The van der Waals surface area contributed by atoms with Gasteiger partial charge in [-0.15, -0.1) is 23.2 Å². The first-order chi connectivity index (χ1) is 12.5. The van der Waals surface area contributed by atoms with E-state index in [0.29, 0.717) is 23.3 Å². The first-order valence-electron chi connectivity index (χ1n) is 8.25. The third-order valence-electron chi connectivity index (χ3n) is 3.82. The first kappa shape index (κ1) is 20.4. The second-order valence-electron chi connectivity index (χ2n) is 5.76.